The van der Waals surface area contributed by atoms with E-state index in [1.165, 1.54) is 6.07 Å². The van der Waals surface area contributed by atoms with Gasteiger partial charge in [-0.05, 0) is 75.8 Å². The van der Waals surface area contributed by atoms with Crippen molar-refractivity contribution in [3.05, 3.63) is 65.0 Å². The van der Waals surface area contributed by atoms with Gasteiger partial charge in [0.05, 0.1) is 12.1 Å². The van der Waals surface area contributed by atoms with E-state index in [1.807, 2.05) is 13.0 Å². The molecule has 11 heteroatoms. The summed E-state index contributed by atoms with van der Waals surface area (Å²) in [5, 5.41) is 16.5. The number of alkyl halides is 3. The molecule has 0 bridgehead atoms. The van der Waals surface area contributed by atoms with Crippen molar-refractivity contribution in [2.45, 2.75) is 64.2 Å². The van der Waals surface area contributed by atoms with Gasteiger partial charge in [-0.25, -0.2) is 4.98 Å². The lowest BCUT2D eigenvalue weighted by atomic mass is 9.81. The van der Waals surface area contributed by atoms with Crippen molar-refractivity contribution < 1.29 is 27.6 Å². The number of carbonyl (C=O) groups excluding carboxylic acids is 3. The zero-order valence-electron chi connectivity index (χ0n) is 21.3. The Hall–Kier alpha value is -3.76. The highest BCUT2D eigenvalue weighted by Crippen LogP contribution is 2.29. The van der Waals surface area contributed by atoms with Crippen LogP contribution in [0, 0.1) is 18.3 Å². The minimum absolute atomic E-state index is 0.0198. The number of benzene rings is 1. The third-order valence-corrected chi connectivity index (χ3v) is 6.47. The van der Waals surface area contributed by atoms with Crippen LogP contribution in [0.15, 0.2) is 42.5 Å². The lowest BCUT2D eigenvalue weighted by molar-refractivity contribution is -0.137. The van der Waals surface area contributed by atoms with E-state index in [1.54, 1.807) is 19.1 Å². The molecule has 2 aromatic rings. The number of nitrogens with zero attached hydrogens (tertiary/aromatic N) is 1. The summed E-state index contributed by atoms with van der Waals surface area (Å²) in [5.41, 5.74) is 0.534. The second kappa shape index (κ2) is 12.7. The van der Waals surface area contributed by atoms with Crippen molar-refractivity contribution in [1.29, 1.82) is 5.41 Å². The van der Waals surface area contributed by atoms with Crippen molar-refractivity contribution in [3.63, 3.8) is 0 Å². The van der Waals surface area contributed by atoms with E-state index in [-0.39, 0.29) is 29.5 Å². The van der Waals surface area contributed by atoms with E-state index in [0.29, 0.717) is 17.8 Å². The van der Waals surface area contributed by atoms with E-state index in [9.17, 15) is 27.6 Å². The Bertz CT molecular complexity index is 1180. The third-order valence-electron chi connectivity index (χ3n) is 6.47. The molecule has 0 unspecified atom stereocenters. The molecule has 0 radical (unpaired) electrons. The zero-order valence-corrected chi connectivity index (χ0v) is 21.3. The number of pyridine rings is 1. The molecule has 0 spiro atoms. The fraction of sp³-hybridized carbons (Fsp3) is 0.444. The molecule has 1 aliphatic rings. The largest absolute Gasteiger partial charge is 0.416 e. The summed E-state index contributed by atoms with van der Waals surface area (Å²) in [6, 6.07) is 8.93. The quantitative estimate of drug-likeness (QED) is 0.365. The summed E-state index contributed by atoms with van der Waals surface area (Å²) in [5.74, 6) is -1.43. The van der Waals surface area contributed by atoms with E-state index in [4.69, 9.17) is 5.41 Å². The summed E-state index contributed by atoms with van der Waals surface area (Å²) in [6.45, 7) is 3.18. The van der Waals surface area contributed by atoms with Gasteiger partial charge in [0.25, 0.3) is 11.8 Å². The van der Waals surface area contributed by atoms with Crippen LogP contribution < -0.4 is 16.0 Å². The molecule has 3 amide bonds. The molecule has 1 saturated carbocycles. The highest BCUT2D eigenvalue weighted by atomic mass is 19.4. The number of aromatic nitrogens is 1. The first-order valence-corrected chi connectivity index (χ1v) is 12.5. The molecule has 4 N–H and O–H groups in total. The van der Waals surface area contributed by atoms with Crippen LogP contribution in [0.1, 0.15) is 71.1 Å². The van der Waals surface area contributed by atoms with E-state index >= 15 is 0 Å². The maximum atomic E-state index is 12.8. The first kappa shape index (κ1) is 28.8. The maximum Gasteiger partial charge on any atom is 0.416 e. The highest BCUT2D eigenvalue weighted by molar-refractivity contribution is 5.96. The predicted octanol–water partition coefficient (Wildman–Crippen LogP) is 4.04. The van der Waals surface area contributed by atoms with Gasteiger partial charge in [-0.2, -0.15) is 13.2 Å². The number of rotatable bonds is 9. The molecule has 1 aliphatic carbocycles. The van der Waals surface area contributed by atoms with E-state index < -0.39 is 30.1 Å². The van der Waals surface area contributed by atoms with Crippen molar-refractivity contribution >= 4 is 23.4 Å². The van der Waals surface area contributed by atoms with Crippen LogP contribution in [0.25, 0.3) is 0 Å². The SMILES string of the molecule is Cc1cccc(C(=O)NC2CCC(C(=N)C[C@@H](C)NC(=O)CNC(=O)c3cccc(C(F)(F)F)c3)CC2)n1. The lowest BCUT2D eigenvalue weighted by Crippen LogP contribution is -2.42. The smallest absolute Gasteiger partial charge is 0.352 e. The number of hydrogen-bond donors (Lipinski definition) is 4. The Morgan fingerprint density at radius 3 is 2.39 bits per heavy atom. The molecule has 8 nitrogen and oxygen atoms in total. The van der Waals surface area contributed by atoms with E-state index in [2.05, 4.69) is 20.9 Å². The Labute approximate surface area is 219 Å². The average Bonchev–Trinajstić information content (AvgIpc) is 2.87. The third kappa shape index (κ3) is 8.39. The molecule has 1 heterocycles. The summed E-state index contributed by atoms with van der Waals surface area (Å²) >= 11 is 0. The fourth-order valence-electron chi connectivity index (χ4n) is 4.49. The molecule has 0 aliphatic heterocycles. The van der Waals surface area contributed by atoms with Crippen molar-refractivity contribution in [3.8, 4) is 0 Å². The van der Waals surface area contributed by atoms with Gasteiger partial charge in [-0.1, -0.05) is 12.1 Å². The lowest BCUT2D eigenvalue weighted by Gasteiger charge is -2.30. The van der Waals surface area contributed by atoms with Gasteiger partial charge in [0, 0.05) is 35.5 Å². The number of nitrogens with one attached hydrogen (secondary N) is 4. The van der Waals surface area contributed by atoms with Gasteiger partial charge in [-0.15, -0.1) is 0 Å². The summed E-state index contributed by atoms with van der Waals surface area (Å²) in [4.78, 5) is 41.1. The number of amides is 3. The van der Waals surface area contributed by atoms with Gasteiger partial charge >= 0.3 is 6.18 Å². The highest BCUT2D eigenvalue weighted by Gasteiger charge is 2.31. The van der Waals surface area contributed by atoms with Gasteiger partial charge in [0.2, 0.25) is 5.91 Å². The fourth-order valence-corrected chi connectivity index (χ4v) is 4.49. The molecule has 1 fully saturated rings. The Balaban J connectivity index is 1.38. The molecular formula is C27H32F3N5O3. The number of carbonyl (C=O) groups is 3. The number of aryl methyl sites for hydroxylation is 1. The maximum absolute atomic E-state index is 12.8. The van der Waals surface area contributed by atoms with E-state index in [0.717, 1.165) is 49.6 Å². The van der Waals surface area contributed by atoms with Crippen molar-refractivity contribution in [2.24, 2.45) is 5.92 Å². The molecule has 1 aromatic carbocycles. The van der Waals surface area contributed by atoms with Crippen molar-refractivity contribution in [2.75, 3.05) is 6.54 Å². The molecule has 38 heavy (non-hydrogen) atoms. The minimum atomic E-state index is -4.57. The summed E-state index contributed by atoms with van der Waals surface area (Å²) < 4.78 is 38.5. The second-order valence-corrected chi connectivity index (χ2v) is 9.65. The average molecular weight is 532 g/mol. The molecule has 1 aromatic heterocycles. The zero-order chi connectivity index (χ0) is 27.9. The van der Waals surface area contributed by atoms with Gasteiger partial charge in [0.1, 0.15) is 5.69 Å². The molecule has 3 rings (SSSR count). The van der Waals surface area contributed by atoms with Crippen molar-refractivity contribution in [1.82, 2.24) is 20.9 Å². The molecule has 0 saturated heterocycles. The molecule has 204 valence electrons. The van der Waals surface area contributed by atoms with Crippen LogP contribution in [0.3, 0.4) is 0 Å². The minimum Gasteiger partial charge on any atom is -0.352 e. The van der Waals surface area contributed by atoms with Crippen LogP contribution >= 0.6 is 0 Å². The van der Waals surface area contributed by atoms with Crippen LogP contribution in [0.2, 0.25) is 0 Å². The Kier molecular flexibility index (Phi) is 9.60. The number of halogens is 3. The van der Waals surface area contributed by atoms with Gasteiger partial charge < -0.3 is 21.4 Å². The van der Waals surface area contributed by atoms with Gasteiger partial charge in [0.15, 0.2) is 0 Å². The second-order valence-electron chi connectivity index (χ2n) is 9.65. The Morgan fingerprint density at radius 1 is 1.05 bits per heavy atom. The van der Waals surface area contributed by atoms with Crippen LogP contribution in [0.4, 0.5) is 13.2 Å². The molecule has 1 atom stereocenters. The first-order chi connectivity index (χ1) is 17.9. The van der Waals surface area contributed by atoms with Crippen LogP contribution in [-0.4, -0.2) is 47.0 Å². The monoisotopic (exact) mass is 531 g/mol. The van der Waals surface area contributed by atoms with Crippen LogP contribution in [-0.2, 0) is 11.0 Å². The summed E-state index contributed by atoms with van der Waals surface area (Å²) in [6.07, 6.45) is -1.25. The standard InChI is InChI=1S/C27H32F3N5O3/c1-16-5-3-8-23(33-16)26(38)35-21-11-9-18(10-12-21)22(31)13-17(2)34-24(36)15-32-25(37)19-6-4-7-20(14-19)27(28,29)30/h3-8,14,17-18,21,31H,9-13,15H2,1-2H3,(H,32,37)(H,34,36)(H,35,38)/t17-,18?,21?/m1/s1. The predicted molar refractivity (Wildman–Crippen MR) is 136 cm³/mol. The normalized spacial score (nSPS) is 18.2. The van der Waals surface area contributed by atoms with Gasteiger partial charge in [-0.3, -0.25) is 14.4 Å². The first-order valence-electron chi connectivity index (χ1n) is 12.5. The summed E-state index contributed by atoms with van der Waals surface area (Å²) in [7, 11) is 0. The van der Waals surface area contributed by atoms with Crippen LogP contribution in [0.5, 0.6) is 0 Å². The number of hydrogen-bond acceptors (Lipinski definition) is 5. The molecular weight excluding hydrogens is 499 g/mol. The Morgan fingerprint density at radius 2 is 1.74 bits per heavy atom. The topological polar surface area (TPSA) is 124 Å².